The first-order valence-electron chi connectivity index (χ1n) is 5.52. The van der Waals surface area contributed by atoms with Gasteiger partial charge >= 0.3 is 0 Å². The summed E-state index contributed by atoms with van der Waals surface area (Å²) < 4.78 is 28.5. The Labute approximate surface area is 102 Å². The van der Waals surface area contributed by atoms with Crippen LogP contribution in [0.4, 0.5) is 0 Å². The van der Waals surface area contributed by atoms with Gasteiger partial charge in [0.2, 0.25) is 10.0 Å². The zero-order chi connectivity index (χ0) is 13.2. The van der Waals surface area contributed by atoms with Crippen molar-refractivity contribution in [1.82, 2.24) is 14.5 Å². The van der Waals surface area contributed by atoms with Gasteiger partial charge in [-0.25, -0.2) is 13.1 Å². The summed E-state index contributed by atoms with van der Waals surface area (Å²) in [6.45, 7) is 5.68. The predicted molar refractivity (Wildman–Crippen MR) is 66.1 cm³/mol. The fraction of sp³-hybridized carbons (Fsp3) is 0.700. The largest absolute Gasteiger partial charge is 0.330 e. The summed E-state index contributed by atoms with van der Waals surface area (Å²) in [5.74, 6) is 0. The van der Waals surface area contributed by atoms with E-state index in [1.807, 2.05) is 0 Å². The van der Waals surface area contributed by atoms with Crippen LogP contribution in [0.2, 0.25) is 0 Å². The molecule has 0 bridgehead atoms. The minimum absolute atomic E-state index is 0.177. The van der Waals surface area contributed by atoms with Crippen molar-refractivity contribution < 1.29 is 8.42 Å². The average Bonchev–Trinajstić information content (AvgIpc) is 2.40. The van der Waals surface area contributed by atoms with Crippen LogP contribution in [0, 0.1) is 13.8 Å². The Morgan fingerprint density at radius 2 is 2.06 bits per heavy atom. The molecule has 0 fully saturated rings. The van der Waals surface area contributed by atoms with Crippen molar-refractivity contribution in [1.29, 1.82) is 0 Å². The molecule has 0 radical (unpaired) electrons. The number of aryl methyl sites for hydroxylation is 2. The molecule has 6 nitrogen and oxygen atoms in total. The van der Waals surface area contributed by atoms with Crippen LogP contribution in [0.5, 0.6) is 0 Å². The highest BCUT2D eigenvalue weighted by Crippen LogP contribution is 2.18. The number of hydrogen-bond acceptors (Lipinski definition) is 4. The van der Waals surface area contributed by atoms with Crippen LogP contribution in [0.15, 0.2) is 4.90 Å². The van der Waals surface area contributed by atoms with Gasteiger partial charge in [0.25, 0.3) is 0 Å². The molecular weight excluding hydrogens is 240 g/mol. The van der Waals surface area contributed by atoms with Crippen LogP contribution in [0.25, 0.3) is 0 Å². The van der Waals surface area contributed by atoms with Crippen LogP contribution < -0.4 is 10.5 Å². The molecule has 1 aromatic rings. The standard InChI is InChI=1S/C10H20N4O2S/c1-7(5-6-11)13-17(15,16)10-8(2)12-14(4)9(10)3/h7,13H,5-6,11H2,1-4H3. The molecule has 1 atom stereocenters. The fourth-order valence-electron chi connectivity index (χ4n) is 1.78. The summed E-state index contributed by atoms with van der Waals surface area (Å²) in [7, 11) is -1.78. The van der Waals surface area contributed by atoms with E-state index in [-0.39, 0.29) is 10.9 Å². The van der Waals surface area contributed by atoms with Crippen LogP contribution >= 0.6 is 0 Å². The van der Waals surface area contributed by atoms with Crippen molar-refractivity contribution in [2.45, 2.75) is 38.1 Å². The lowest BCUT2D eigenvalue weighted by Crippen LogP contribution is -2.34. The third-order valence-corrected chi connectivity index (χ3v) is 4.51. The van der Waals surface area contributed by atoms with Crippen LogP contribution in [-0.2, 0) is 17.1 Å². The van der Waals surface area contributed by atoms with Gasteiger partial charge in [0.05, 0.1) is 11.4 Å². The molecule has 1 rings (SSSR count). The zero-order valence-electron chi connectivity index (χ0n) is 10.7. The SMILES string of the molecule is Cc1nn(C)c(C)c1S(=O)(=O)NC(C)CCN. The highest BCUT2D eigenvalue weighted by atomic mass is 32.2. The molecule has 0 amide bonds. The minimum Gasteiger partial charge on any atom is -0.330 e. The number of nitrogens with one attached hydrogen (secondary N) is 1. The molecule has 1 aromatic heterocycles. The van der Waals surface area contributed by atoms with Crippen molar-refractivity contribution >= 4 is 10.0 Å². The number of sulfonamides is 1. The molecule has 0 saturated heterocycles. The van der Waals surface area contributed by atoms with E-state index in [1.54, 1.807) is 32.5 Å². The third-order valence-electron chi connectivity index (χ3n) is 2.67. The topological polar surface area (TPSA) is 90.0 Å². The first-order chi connectivity index (χ1) is 7.79. The number of nitrogens with two attached hydrogens (primary N) is 1. The van der Waals surface area contributed by atoms with Crippen molar-refractivity contribution in [3.8, 4) is 0 Å². The second-order valence-corrected chi connectivity index (χ2v) is 5.87. The van der Waals surface area contributed by atoms with Gasteiger partial charge in [-0.3, -0.25) is 4.68 Å². The Kier molecular flexibility index (Phi) is 4.29. The zero-order valence-corrected chi connectivity index (χ0v) is 11.5. The lowest BCUT2D eigenvalue weighted by molar-refractivity contribution is 0.548. The Bertz CT molecular complexity index is 493. The van der Waals surface area contributed by atoms with Gasteiger partial charge in [0.1, 0.15) is 4.90 Å². The van der Waals surface area contributed by atoms with Crippen molar-refractivity contribution in [3.63, 3.8) is 0 Å². The Balaban J connectivity index is 3.05. The normalized spacial score (nSPS) is 13.9. The molecule has 7 heteroatoms. The number of nitrogens with zero attached hydrogens (tertiary/aromatic N) is 2. The molecule has 98 valence electrons. The smallest absolute Gasteiger partial charge is 0.244 e. The third kappa shape index (κ3) is 3.05. The van der Waals surface area contributed by atoms with Gasteiger partial charge in [0, 0.05) is 13.1 Å². The highest BCUT2D eigenvalue weighted by Gasteiger charge is 2.24. The van der Waals surface area contributed by atoms with E-state index in [9.17, 15) is 8.42 Å². The van der Waals surface area contributed by atoms with Gasteiger partial charge in [0.15, 0.2) is 0 Å². The lowest BCUT2D eigenvalue weighted by Gasteiger charge is -2.13. The fourth-order valence-corrected chi connectivity index (χ4v) is 3.49. The lowest BCUT2D eigenvalue weighted by atomic mass is 10.3. The molecule has 1 heterocycles. The second-order valence-electron chi connectivity index (χ2n) is 4.22. The molecule has 0 spiro atoms. The first kappa shape index (κ1) is 14.1. The van der Waals surface area contributed by atoms with Gasteiger partial charge in [-0.1, -0.05) is 0 Å². The van der Waals surface area contributed by atoms with Crippen LogP contribution in [-0.4, -0.2) is 30.8 Å². The molecule has 0 aliphatic carbocycles. The maximum Gasteiger partial charge on any atom is 0.244 e. The summed E-state index contributed by atoms with van der Waals surface area (Å²) in [6.07, 6.45) is 0.609. The summed E-state index contributed by atoms with van der Waals surface area (Å²) in [5, 5.41) is 4.10. The summed E-state index contributed by atoms with van der Waals surface area (Å²) in [4.78, 5) is 0.267. The Morgan fingerprint density at radius 3 is 2.47 bits per heavy atom. The predicted octanol–water partition coefficient (Wildman–Crippen LogP) is 0.0525. The summed E-state index contributed by atoms with van der Waals surface area (Å²) >= 11 is 0. The monoisotopic (exact) mass is 260 g/mol. The van der Waals surface area contributed by atoms with Gasteiger partial charge in [-0.15, -0.1) is 0 Å². The molecule has 0 aliphatic rings. The maximum absolute atomic E-state index is 12.2. The first-order valence-corrected chi connectivity index (χ1v) is 7.00. The number of aromatic nitrogens is 2. The molecule has 1 unspecified atom stereocenters. The van der Waals surface area contributed by atoms with E-state index in [1.165, 1.54) is 0 Å². The number of rotatable bonds is 5. The Morgan fingerprint density at radius 1 is 1.47 bits per heavy atom. The molecule has 17 heavy (non-hydrogen) atoms. The summed E-state index contributed by atoms with van der Waals surface area (Å²) in [6, 6.07) is -0.177. The molecule has 0 aromatic carbocycles. The quantitative estimate of drug-likeness (QED) is 0.783. The van der Waals surface area contributed by atoms with E-state index in [0.29, 0.717) is 24.4 Å². The van der Waals surface area contributed by atoms with E-state index < -0.39 is 10.0 Å². The Hall–Kier alpha value is -0.920. The van der Waals surface area contributed by atoms with Crippen molar-refractivity contribution in [2.75, 3.05) is 6.54 Å². The highest BCUT2D eigenvalue weighted by molar-refractivity contribution is 7.89. The van der Waals surface area contributed by atoms with E-state index in [2.05, 4.69) is 9.82 Å². The number of hydrogen-bond donors (Lipinski definition) is 2. The average molecular weight is 260 g/mol. The molecule has 3 N–H and O–H groups in total. The van der Waals surface area contributed by atoms with Crippen molar-refractivity contribution in [2.24, 2.45) is 12.8 Å². The van der Waals surface area contributed by atoms with Crippen LogP contribution in [0.3, 0.4) is 0 Å². The summed E-state index contributed by atoms with van der Waals surface area (Å²) in [5.41, 5.74) is 6.55. The van der Waals surface area contributed by atoms with Crippen LogP contribution in [0.1, 0.15) is 24.7 Å². The van der Waals surface area contributed by atoms with Gasteiger partial charge in [-0.05, 0) is 33.7 Å². The van der Waals surface area contributed by atoms with Gasteiger partial charge in [-0.2, -0.15) is 5.10 Å². The molecule has 0 saturated carbocycles. The molecular formula is C10H20N4O2S. The van der Waals surface area contributed by atoms with Crippen molar-refractivity contribution in [3.05, 3.63) is 11.4 Å². The van der Waals surface area contributed by atoms with Gasteiger partial charge < -0.3 is 5.73 Å². The molecule has 0 aliphatic heterocycles. The second kappa shape index (κ2) is 5.16. The minimum atomic E-state index is -3.51. The van der Waals surface area contributed by atoms with E-state index in [4.69, 9.17) is 5.73 Å². The maximum atomic E-state index is 12.2. The van der Waals surface area contributed by atoms with E-state index in [0.717, 1.165) is 0 Å². The van der Waals surface area contributed by atoms with E-state index >= 15 is 0 Å².